The third-order valence-corrected chi connectivity index (χ3v) is 8.76. The molecule has 3 amide bonds. The summed E-state index contributed by atoms with van der Waals surface area (Å²) in [6.45, 7) is 0. The number of alkyl halides is 2. The van der Waals surface area contributed by atoms with E-state index in [0.29, 0.717) is 12.8 Å². The smallest absolute Gasteiger partial charge is 0.252 e. The van der Waals surface area contributed by atoms with Crippen LogP contribution in [0.4, 0.5) is 24.7 Å². The maximum Gasteiger partial charge on any atom is 0.252 e. The Morgan fingerprint density at radius 2 is 1.89 bits per heavy atom. The van der Waals surface area contributed by atoms with Crippen molar-refractivity contribution in [1.29, 1.82) is 5.26 Å². The van der Waals surface area contributed by atoms with Crippen molar-refractivity contribution in [3.8, 4) is 6.07 Å². The van der Waals surface area contributed by atoms with E-state index in [9.17, 15) is 33.5 Å². The molecule has 13 heteroatoms. The van der Waals surface area contributed by atoms with Crippen LogP contribution < -0.4 is 15.1 Å². The van der Waals surface area contributed by atoms with E-state index in [2.05, 4.69) is 10.3 Å². The highest BCUT2D eigenvalue weighted by Crippen LogP contribution is 2.47. The van der Waals surface area contributed by atoms with E-state index in [0.717, 1.165) is 21.9 Å². The van der Waals surface area contributed by atoms with Gasteiger partial charge in [-0.15, -0.1) is 0 Å². The standard InChI is InChI=1S/C32H27ClF3N5O4/c33-24-4-2-1-3-23(24)28(29(43)39-21-15-32(35,36)16-21)40(22-13-19(12-20(34)14-22)31(45)8-9-31)30(44)25-5-6-27(42)41(25)26-11-18(17-37)7-10-38-26/h1-4,7,10-14,21,25,28,45H,5-6,8-9,15-16H2,(H,39,43)/t25-,28-/m0/s1. The number of aromatic nitrogens is 1. The van der Waals surface area contributed by atoms with Crippen molar-refractivity contribution in [3.63, 3.8) is 0 Å². The number of rotatable bonds is 8. The summed E-state index contributed by atoms with van der Waals surface area (Å²) in [5, 5.41) is 22.9. The molecule has 0 unspecified atom stereocenters. The quantitative estimate of drug-likeness (QED) is 0.361. The lowest BCUT2D eigenvalue weighted by molar-refractivity contribution is -0.133. The molecule has 2 aromatic carbocycles. The van der Waals surface area contributed by atoms with Gasteiger partial charge < -0.3 is 10.4 Å². The molecule has 3 aliphatic rings. The van der Waals surface area contributed by atoms with Gasteiger partial charge in [0.2, 0.25) is 11.8 Å². The van der Waals surface area contributed by atoms with E-state index in [-0.39, 0.29) is 46.1 Å². The van der Waals surface area contributed by atoms with Crippen molar-refractivity contribution in [2.75, 3.05) is 9.80 Å². The van der Waals surface area contributed by atoms with Gasteiger partial charge in [0, 0.05) is 47.8 Å². The zero-order valence-electron chi connectivity index (χ0n) is 23.7. The Morgan fingerprint density at radius 3 is 2.56 bits per heavy atom. The molecule has 2 N–H and O–H groups in total. The van der Waals surface area contributed by atoms with Crippen molar-refractivity contribution in [2.24, 2.45) is 0 Å². The highest BCUT2D eigenvalue weighted by atomic mass is 35.5. The molecule has 2 heterocycles. The molecule has 9 nitrogen and oxygen atoms in total. The van der Waals surface area contributed by atoms with Gasteiger partial charge in [-0.3, -0.25) is 24.2 Å². The molecule has 2 aliphatic carbocycles. The predicted molar refractivity (Wildman–Crippen MR) is 157 cm³/mol. The highest BCUT2D eigenvalue weighted by Gasteiger charge is 2.49. The largest absolute Gasteiger partial charge is 0.385 e. The summed E-state index contributed by atoms with van der Waals surface area (Å²) in [5.41, 5.74) is -0.905. The minimum atomic E-state index is -2.94. The minimum Gasteiger partial charge on any atom is -0.385 e. The minimum absolute atomic E-state index is 0.00441. The Bertz CT molecular complexity index is 1740. The van der Waals surface area contributed by atoms with Crippen molar-refractivity contribution in [2.45, 2.75) is 68.2 Å². The summed E-state index contributed by atoms with van der Waals surface area (Å²) in [4.78, 5) is 48.3. The number of halogens is 4. The number of carbonyl (C=O) groups is 3. The number of pyridine rings is 1. The fourth-order valence-corrected chi connectivity index (χ4v) is 6.15. The van der Waals surface area contributed by atoms with Gasteiger partial charge in [-0.25, -0.2) is 18.2 Å². The summed E-state index contributed by atoms with van der Waals surface area (Å²) in [6, 6.07) is 10.8. The van der Waals surface area contributed by atoms with Crippen LogP contribution in [0.15, 0.2) is 60.8 Å². The van der Waals surface area contributed by atoms with Crippen LogP contribution in [0.1, 0.15) is 61.3 Å². The van der Waals surface area contributed by atoms with Gasteiger partial charge in [-0.05, 0) is 61.2 Å². The SMILES string of the molecule is N#Cc1ccnc(N2C(=O)CC[C@H]2C(=O)N(c2cc(F)cc(C3(O)CC3)c2)[C@H](C(=O)NC2CC(F)(F)C2)c2ccccc2Cl)c1. The van der Waals surface area contributed by atoms with E-state index in [1.807, 2.05) is 6.07 Å². The van der Waals surface area contributed by atoms with E-state index >= 15 is 4.39 Å². The lowest BCUT2D eigenvalue weighted by Crippen LogP contribution is -2.56. The number of hydrogen-bond donors (Lipinski definition) is 2. The molecule has 0 spiro atoms. The number of hydrogen-bond acceptors (Lipinski definition) is 6. The second kappa shape index (κ2) is 11.5. The first-order valence-electron chi connectivity index (χ1n) is 14.4. The van der Waals surface area contributed by atoms with Gasteiger partial charge in [-0.1, -0.05) is 29.8 Å². The van der Waals surface area contributed by atoms with Crippen molar-refractivity contribution in [1.82, 2.24) is 10.3 Å². The average Bonchev–Trinajstić information content (AvgIpc) is 3.63. The van der Waals surface area contributed by atoms with Crippen LogP contribution >= 0.6 is 11.6 Å². The number of anilines is 2. The maximum atomic E-state index is 15.2. The molecule has 2 saturated carbocycles. The number of nitriles is 1. The maximum absolute atomic E-state index is 15.2. The van der Waals surface area contributed by atoms with E-state index < -0.39 is 66.0 Å². The monoisotopic (exact) mass is 637 g/mol. The van der Waals surface area contributed by atoms with Gasteiger partial charge in [0.25, 0.3) is 11.8 Å². The molecule has 45 heavy (non-hydrogen) atoms. The summed E-state index contributed by atoms with van der Waals surface area (Å²) in [5.74, 6) is -5.80. The Morgan fingerprint density at radius 1 is 1.16 bits per heavy atom. The molecule has 3 aromatic rings. The molecular weight excluding hydrogens is 611 g/mol. The number of nitrogens with zero attached hydrogens (tertiary/aromatic N) is 4. The normalized spacial score (nSPS) is 20.6. The van der Waals surface area contributed by atoms with Crippen LogP contribution in [0.25, 0.3) is 0 Å². The average molecular weight is 638 g/mol. The second-order valence-corrected chi connectivity index (χ2v) is 12.1. The van der Waals surface area contributed by atoms with E-state index in [1.54, 1.807) is 12.1 Å². The van der Waals surface area contributed by atoms with Crippen LogP contribution in [-0.2, 0) is 20.0 Å². The summed E-state index contributed by atoms with van der Waals surface area (Å²) >= 11 is 6.56. The van der Waals surface area contributed by atoms with Gasteiger partial charge in [0.1, 0.15) is 23.7 Å². The van der Waals surface area contributed by atoms with Crippen LogP contribution in [0.2, 0.25) is 5.02 Å². The third kappa shape index (κ3) is 5.98. The fourth-order valence-electron chi connectivity index (χ4n) is 5.92. The van der Waals surface area contributed by atoms with Gasteiger partial charge in [0.15, 0.2) is 0 Å². The van der Waals surface area contributed by atoms with Crippen molar-refractivity contribution in [3.05, 3.63) is 88.3 Å². The van der Waals surface area contributed by atoms with Gasteiger partial charge >= 0.3 is 0 Å². The Balaban J connectivity index is 1.49. The number of amides is 3. The first kappa shape index (κ1) is 30.6. The Labute approximate surface area is 261 Å². The Kier molecular flexibility index (Phi) is 7.79. The molecule has 1 aliphatic heterocycles. The van der Waals surface area contributed by atoms with Crippen LogP contribution in [0, 0.1) is 17.1 Å². The van der Waals surface area contributed by atoms with E-state index in [4.69, 9.17) is 11.6 Å². The zero-order valence-corrected chi connectivity index (χ0v) is 24.5. The number of carbonyl (C=O) groups excluding carboxylic acids is 3. The highest BCUT2D eigenvalue weighted by molar-refractivity contribution is 6.31. The molecule has 1 saturated heterocycles. The second-order valence-electron chi connectivity index (χ2n) is 11.7. The van der Waals surface area contributed by atoms with Gasteiger partial charge in [0.05, 0.1) is 17.2 Å². The number of aliphatic hydroxyl groups is 1. The van der Waals surface area contributed by atoms with Crippen molar-refractivity contribution >= 4 is 40.8 Å². The number of benzene rings is 2. The first-order valence-corrected chi connectivity index (χ1v) is 14.7. The van der Waals surface area contributed by atoms with Crippen LogP contribution in [0.5, 0.6) is 0 Å². The zero-order chi connectivity index (χ0) is 32.1. The lowest BCUT2D eigenvalue weighted by atomic mass is 9.87. The molecule has 6 rings (SSSR count). The summed E-state index contributed by atoms with van der Waals surface area (Å²) in [6.07, 6.45) is 0.805. The summed E-state index contributed by atoms with van der Waals surface area (Å²) < 4.78 is 42.7. The topological polar surface area (TPSA) is 127 Å². The third-order valence-electron chi connectivity index (χ3n) is 8.42. The van der Waals surface area contributed by atoms with Gasteiger partial charge in [-0.2, -0.15) is 5.26 Å². The first-order chi connectivity index (χ1) is 21.4. The fraction of sp³-hybridized carbons (Fsp3) is 0.344. The predicted octanol–water partition coefficient (Wildman–Crippen LogP) is 4.91. The molecule has 3 fully saturated rings. The Hall–Kier alpha value is -4.47. The number of nitrogens with one attached hydrogen (secondary N) is 1. The lowest BCUT2D eigenvalue weighted by Gasteiger charge is -2.39. The van der Waals surface area contributed by atoms with Crippen molar-refractivity contribution < 1.29 is 32.7 Å². The summed E-state index contributed by atoms with van der Waals surface area (Å²) in [7, 11) is 0. The molecule has 1 aromatic heterocycles. The molecule has 232 valence electrons. The molecule has 0 bridgehead atoms. The van der Waals surface area contributed by atoms with Crippen LogP contribution in [0.3, 0.4) is 0 Å². The molecular formula is C32H27ClF3N5O4. The molecule has 2 atom stereocenters. The van der Waals surface area contributed by atoms with Crippen LogP contribution in [-0.4, -0.2) is 45.8 Å². The van der Waals surface area contributed by atoms with E-state index in [1.165, 1.54) is 36.5 Å². The molecule has 0 radical (unpaired) electrons.